The first-order chi connectivity index (χ1) is 11.3. The number of carbonyl (C=O) groups is 2. The number of carbonyl (C=O) groups excluding carboxylic acids is 2. The fraction of sp³-hybridized carbons (Fsp3) is 0.333. The van der Waals surface area contributed by atoms with Crippen molar-refractivity contribution in [2.45, 2.75) is 19.0 Å². The van der Waals surface area contributed by atoms with Gasteiger partial charge in [-0.2, -0.15) is 18.2 Å². The molecule has 0 aliphatic heterocycles. The average molecular weight is 342 g/mol. The van der Waals surface area contributed by atoms with Gasteiger partial charge in [-0.25, -0.2) is 0 Å². The van der Waals surface area contributed by atoms with E-state index in [1.54, 1.807) is 0 Å². The van der Waals surface area contributed by atoms with E-state index in [0.717, 1.165) is 0 Å². The van der Waals surface area contributed by atoms with Crippen LogP contribution in [-0.4, -0.2) is 35.4 Å². The number of halogens is 3. The fourth-order valence-corrected chi connectivity index (χ4v) is 1.88. The number of Topliss-reactive ketones (excluding diaryl/α,β-unsaturated/α-hetero) is 2. The zero-order chi connectivity index (χ0) is 17.7. The molecular weight excluding hydrogens is 329 g/mol. The highest BCUT2D eigenvalue weighted by molar-refractivity contribution is 6.43. The van der Waals surface area contributed by atoms with E-state index in [-0.39, 0.29) is 23.4 Å². The van der Waals surface area contributed by atoms with Crippen LogP contribution in [0.25, 0.3) is 11.4 Å². The number of methoxy groups -OCH3 is 1. The van der Waals surface area contributed by atoms with Crippen molar-refractivity contribution in [2.24, 2.45) is 0 Å². The van der Waals surface area contributed by atoms with Gasteiger partial charge >= 0.3 is 12.1 Å². The van der Waals surface area contributed by atoms with Gasteiger partial charge in [-0.05, 0) is 6.42 Å². The number of rotatable bonds is 7. The molecule has 0 unspecified atom stereocenters. The van der Waals surface area contributed by atoms with E-state index in [2.05, 4.69) is 14.7 Å². The molecule has 0 radical (unpaired) electrons. The van der Waals surface area contributed by atoms with E-state index in [9.17, 15) is 22.8 Å². The Hall–Kier alpha value is -2.55. The Bertz CT molecular complexity index is 723. The summed E-state index contributed by atoms with van der Waals surface area (Å²) in [5.74, 6) is -2.93. The lowest BCUT2D eigenvalue weighted by Gasteiger charge is -2.01. The number of nitrogens with zero attached hydrogens (tertiary/aromatic N) is 2. The Balaban J connectivity index is 2.09. The molecule has 0 N–H and O–H groups in total. The Morgan fingerprint density at radius 2 is 1.88 bits per heavy atom. The van der Waals surface area contributed by atoms with Gasteiger partial charge < -0.3 is 9.26 Å². The summed E-state index contributed by atoms with van der Waals surface area (Å²) in [5.41, 5.74) is 0.373. The number of ether oxygens (including phenoxy) is 1. The van der Waals surface area contributed by atoms with Crippen molar-refractivity contribution < 1.29 is 32.0 Å². The molecule has 1 aromatic carbocycles. The Labute approximate surface area is 134 Å². The number of aromatic nitrogens is 2. The van der Waals surface area contributed by atoms with Gasteiger partial charge in [0.2, 0.25) is 17.4 Å². The maximum Gasteiger partial charge on any atom is 0.471 e. The van der Waals surface area contributed by atoms with Crippen molar-refractivity contribution >= 4 is 11.6 Å². The Morgan fingerprint density at radius 1 is 1.21 bits per heavy atom. The number of ketones is 2. The summed E-state index contributed by atoms with van der Waals surface area (Å²) < 4.78 is 46.2. The zero-order valence-electron chi connectivity index (χ0n) is 12.6. The van der Waals surface area contributed by atoms with Crippen LogP contribution in [0, 0.1) is 0 Å². The topological polar surface area (TPSA) is 82.3 Å². The normalized spacial score (nSPS) is 11.5. The van der Waals surface area contributed by atoms with Crippen molar-refractivity contribution in [1.82, 2.24) is 10.1 Å². The van der Waals surface area contributed by atoms with Gasteiger partial charge in [0, 0.05) is 31.3 Å². The van der Waals surface area contributed by atoms with Crippen LogP contribution in [0.15, 0.2) is 28.8 Å². The van der Waals surface area contributed by atoms with Crippen LogP contribution < -0.4 is 0 Å². The maximum atomic E-state index is 12.4. The second-order valence-electron chi connectivity index (χ2n) is 4.85. The van der Waals surface area contributed by atoms with Gasteiger partial charge in [-0.1, -0.05) is 29.4 Å². The Morgan fingerprint density at radius 3 is 2.42 bits per heavy atom. The monoisotopic (exact) mass is 342 g/mol. The van der Waals surface area contributed by atoms with Crippen molar-refractivity contribution in [3.63, 3.8) is 0 Å². The minimum absolute atomic E-state index is 0.0637. The summed E-state index contributed by atoms with van der Waals surface area (Å²) >= 11 is 0. The third kappa shape index (κ3) is 4.25. The highest BCUT2D eigenvalue weighted by Crippen LogP contribution is 2.29. The third-order valence-electron chi connectivity index (χ3n) is 3.08. The van der Waals surface area contributed by atoms with Crippen molar-refractivity contribution in [2.75, 3.05) is 13.7 Å². The zero-order valence-corrected chi connectivity index (χ0v) is 12.6. The average Bonchev–Trinajstić information content (AvgIpc) is 3.05. The Kier molecular flexibility index (Phi) is 5.45. The lowest BCUT2D eigenvalue weighted by Crippen LogP contribution is -2.14. The van der Waals surface area contributed by atoms with Crippen LogP contribution in [0.5, 0.6) is 0 Å². The fourth-order valence-electron chi connectivity index (χ4n) is 1.88. The molecule has 0 aliphatic carbocycles. The van der Waals surface area contributed by atoms with E-state index < -0.39 is 23.6 Å². The third-order valence-corrected chi connectivity index (χ3v) is 3.08. The van der Waals surface area contributed by atoms with Gasteiger partial charge in [0.25, 0.3) is 0 Å². The van der Waals surface area contributed by atoms with Crippen LogP contribution in [0.3, 0.4) is 0 Å². The molecule has 0 aliphatic rings. The van der Waals surface area contributed by atoms with Crippen LogP contribution in [0.4, 0.5) is 13.2 Å². The van der Waals surface area contributed by atoms with Gasteiger partial charge in [0.05, 0.1) is 0 Å². The van der Waals surface area contributed by atoms with Crippen LogP contribution in [0.1, 0.15) is 29.1 Å². The minimum atomic E-state index is -4.73. The maximum absolute atomic E-state index is 12.4. The minimum Gasteiger partial charge on any atom is -0.385 e. The van der Waals surface area contributed by atoms with Crippen molar-refractivity contribution in [3.05, 3.63) is 35.7 Å². The predicted molar refractivity (Wildman–Crippen MR) is 75.2 cm³/mol. The summed E-state index contributed by atoms with van der Waals surface area (Å²) in [6.07, 6.45) is -4.23. The highest BCUT2D eigenvalue weighted by atomic mass is 19.4. The molecule has 1 aromatic heterocycles. The SMILES string of the molecule is COCCCC(=O)C(=O)c1ccc(-c2noc(C(F)(F)F)n2)cc1. The summed E-state index contributed by atoms with van der Waals surface area (Å²) in [6.45, 7) is 0.372. The van der Waals surface area contributed by atoms with E-state index in [4.69, 9.17) is 4.74 Å². The molecule has 9 heteroatoms. The van der Waals surface area contributed by atoms with Crippen molar-refractivity contribution in [1.29, 1.82) is 0 Å². The molecular formula is C15H13F3N2O4. The van der Waals surface area contributed by atoms with Crippen LogP contribution in [0.2, 0.25) is 0 Å². The van der Waals surface area contributed by atoms with Crippen LogP contribution in [-0.2, 0) is 15.7 Å². The molecule has 0 amide bonds. The number of benzene rings is 1. The number of hydrogen-bond donors (Lipinski definition) is 0. The molecule has 6 nitrogen and oxygen atoms in total. The van der Waals surface area contributed by atoms with E-state index in [0.29, 0.717) is 13.0 Å². The van der Waals surface area contributed by atoms with Gasteiger partial charge in [0.15, 0.2) is 0 Å². The standard InChI is InChI=1S/C15H13F3N2O4/c1-23-8-2-3-11(21)12(22)9-4-6-10(7-5-9)13-19-14(24-20-13)15(16,17)18/h4-7H,2-3,8H2,1H3. The van der Waals surface area contributed by atoms with Crippen LogP contribution >= 0.6 is 0 Å². The second-order valence-corrected chi connectivity index (χ2v) is 4.85. The first-order valence-electron chi connectivity index (χ1n) is 6.90. The molecule has 24 heavy (non-hydrogen) atoms. The highest BCUT2D eigenvalue weighted by Gasteiger charge is 2.38. The largest absolute Gasteiger partial charge is 0.471 e. The summed E-state index contributed by atoms with van der Waals surface area (Å²) in [5, 5.41) is 3.24. The molecule has 128 valence electrons. The molecule has 0 saturated heterocycles. The van der Waals surface area contributed by atoms with Gasteiger partial charge in [0.1, 0.15) is 0 Å². The molecule has 0 atom stereocenters. The molecule has 2 aromatic rings. The second kappa shape index (κ2) is 7.35. The van der Waals surface area contributed by atoms with Crippen molar-refractivity contribution in [3.8, 4) is 11.4 Å². The first kappa shape index (κ1) is 17.8. The summed E-state index contributed by atoms with van der Waals surface area (Å²) in [6, 6.07) is 5.35. The molecule has 0 saturated carbocycles. The molecule has 0 bridgehead atoms. The lowest BCUT2D eigenvalue weighted by atomic mass is 10.0. The van der Waals surface area contributed by atoms with Gasteiger partial charge in [-0.3, -0.25) is 9.59 Å². The summed E-state index contributed by atoms with van der Waals surface area (Å²) in [4.78, 5) is 26.9. The molecule has 1 heterocycles. The van der Waals surface area contributed by atoms with Gasteiger partial charge in [-0.15, -0.1) is 0 Å². The number of hydrogen-bond acceptors (Lipinski definition) is 6. The number of alkyl halides is 3. The van der Waals surface area contributed by atoms with E-state index in [1.165, 1.54) is 31.4 Å². The molecule has 2 rings (SSSR count). The lowest BCUT2D eigenvalue weighted by molar-refractivity contribution is -0.159. The molecule has 0 spiro atoms. The summed E-state index contributed by atoms with van der Waals surface area (Å²) in [7, 11) is 1.49. The molecule has 0 fully saturated rings. The van der Waals surface area contributed by atoms with E-state index >= 15 is 0 Å². The smallest absolute Gasteiger partial charge is 0.385 e. The quantitative estimate of drug-likeness (QED) is 0.437. The predicted octanol–water partition coefficient (Wildman–Crippen LogP) is 2.93. The van der Waals surface area contributed by atoms with E-state index in [1.807, 2.05) is 0 Å². The first-order valence-corrected chi connectivity index (χ1v) is 6.90.